The number of unbranched alkanes of at least 4 members (excludes halogenated alkanes) is 3. The van der Waals surface area contributed by atoms with Gasteiger partial charge < -0.3 is 10.5 Å². The normalized spacial score (nSPS) is 9.54. The molecule has 0 aliphatic carbocycles. The number of rotatable bonds is 8. The van der Waals surface area contributed by atoms with Crippen LogP contribution in [0.25, 0.3) is 0 Å². The van der Waals surface area contributed by atoms with Gasteiger partial charge in [-0.15, -0.1) is 0 Å². The molecule has 74 valence electrons. The first-order valence-electron chi connectivity index (χ1n) is 4.42. The van der Waals surface area contributed by atoms with Crippen molar-refractivity contribution in [3.8, 4) is 0 Å². The summed E-state index contributed by atoms with van der Waals surface area (Å²) in [6.45, 7) is 0. The maximum absolute atomic E-state index is 10.6. The molecule has 4 heteroatoms. The number of hydrogen-bond acceptors (Lipinski definition) is 3. The van der Waals surface area contributed by atoms with Crippen LogP contribution in [-0.4, -0.2) is 23.1 Å². The van der Waals surface area contributed by atoms with Crippen LogP contribution in [0.2, 0.25) is 0 Å². The number of carbonyl (C=O) groups excluding carboxylic acids is 1. The molecule has 0 fully saturated rings. The maximum Gasteiger partial charge on any atom is 0.303 e. The number of hydrogen-bond donors (Lipinski definition) is 2. The number of ketones is 1. The van der Waals surface area contributed by atoms with Crippen LogP contribution >= 0.6 is 0 Å². The van der Waals surface area contributed by atoms with E-state index in [1.54, 1.807) is 0 Å². The number of carbonyl (C=O) groups is 2. The smallest absolute Gasteiger partial charge is 0.303 e. The summed E-state index contributed by atoms with van der Waals surface area (Å²) < 4.78 is 0. The molecule has 0 spiro atoms. The quantitative estimate of drug-likeness (QED) is 0.445. The molecule has 0 aromatic carbocycles. The zero-order chi connectivity index (χ0) is 10.1. The Bertz CT molecular complexity index is 189. The standard InChI is InChI=1S/C9H15NO3/c10-7-8(11)5-3-1-2-4-6-9(12)13/h7,10H,1-6H2,(H,12,13). The van der Waals surface area contributed by atoms with Crippen LogP contribution in [0.1, 0.15) is 38.5 Å². The monoisotopic (exact) mass is 185 g/mol. The van der Waals surface area contributed by atoms with Gasteiger partial charge in [0.2, 0.25) is 0 Å². The zero-order valence-electron chi connectivity index (χ0n) is 7.58. The van der Waals surface area contributed by atoms with Crippen LogP contribution in [-0.2, 0) is 9.59 Å². The van der Waals surface area contributed by atoms with E-state index in [0.29, 0.717) is 12.8 Å². The van der Waals surface area contributed by atoms with E-state index in [9.17, 15) is 9.59 Å². The molecule has 4 nitrogen and oxygen atoms in total. The van der Waals surface area contributed by atoms with Crippen LogP contribution < -0.4 is 0 Å². The first-order valence-corrected chi connectivity index (χ1v) is 4.42. The summed E-state index contributed by atoms with van der Waals surface area (Å²) in [5, 5.41) is 14.9. The highest BCUT2D eigenvalue weighted by Crippen LogP contribution is 2.05. The van der Waals surface area contributed by atoms with Crippen molar-refractivity contribution in [2.24, 2.45) is 0 Å². The zero-order valence-corrected chi connectivity index (χ0v) is 7.58. The highest BCUT2D eigenvalue weighted by molar-refractivity contribution is 6.26. The molecule has 0 bridgehead atoms. The molecule has 0 unspecified atom stereocenters. The largest absolute Gasteiger partial charge is 0.481 e. The molecule has 2 N–H and O–H groups in total. The first-order chi connectivity index (χ1) is 6.16. The molecule has 0 heterocycles. The highest BCUT2D eigenvalue weighted by Gasteiger charge is 1.98. The first kappa shape index (κ1) is 11.8. The molecule has 0 atom stereocenters. The fourth-order valence-corrected chi connectivity index (χ4v) is 1.00. The Kier molecular flexibility index (Phi) is 6.78. The predicted octanol–water partition coefficient (Wildman–Crippen LogP) is 1.63. The second-order valence-electron chi connectivity index (χ2n) is 2.92. The molecular formula is C9H15NO3. The lowest BCUT2D eigenvalue weighted by molar-refractivity contribution is -0.137. The average Bonchev–Trinajstić information content (AvgIpc) is 2.10. The molecule has 0 saturated heterocycles. The Balaban J connectivity index is 3.12. The molecule has 13 heavy (non-hydrogen) atoms. The minimum Gasteiger partial charge on any atom is -0.481 e. The highest BCUT2D eigenvalue weighted by atomic mass is 16.4. The van der Waals surface area contributed by atoms with E-state index in [-0.39, 0.29) is 12.2 Å². The van der Waals surface area contributed by atoms with E-state index < -0.39 is 5.97 Å². The lowest BCUT2D eigenvalue weighted by atomic mass is 10.1. The van der Waals surface area contributed by atoms with Gasteiger partial charge in [0.05, 0.1) is 6.21 Å². The van der Waals surface area contributed by atoms with Crippen LogP contribution in [0, 0.1) is 5.41 Å². The van der Waals surface area contributed by atoms with Gasteiger partial charge in [-0.1, -0.05) is 12.8 Å². The maximum atomic E-state index is 10.6. The number of carboxylic acids is 1. The van der Waals surface area contributed by atoms with Crippen molar-refractivity contribution in [2.45, 2.75) is 38.5 Å². The molecular weight excluding hydrogens is 170 g/mol. The van der Waals surface area contributed by atoms with Gasteiger partial charge in [0, 0.05) is 12.8 Å². The molecule has 0 rings (SSSR count). The third-order valence-electron chi connectivity index (χ3n) is 1.72. The Morgan fingerprint density at radius 2 is 1.62 bits per heavy atom. The number of nitrogens with one attached hydrogen (secondary N) is 1. The van der Waals surface area contributed by atoms with Gasteiger partial charge in [-0.25, -0.2) is 0 Å². The summed E-state index contributed by atoms with van der Waals surface area (Å²) in [7, 11) is 0. The minimum atomic E-state index is -0.768. The van der Waals surface area contributed by atoms with Crippen molar-refractivity contribution in [2.75, 3.05) is 0 Å². The van der Waals surface area contributed by atoms with Crippen LogP contribution in [0.5, 0.6) is 0 Å². The lowest BCUT2D eigenvalue weighted by Crippen LogP contribution is -1.97. The average molecular weight is 185 g/mol. The summed E-state index contributed by atoms with van der Waals surface area (Å²) in [6, 6.07) is 0. The molecule has 0 saturated carbocycles. The topological polar surface area (TPSA) is 78.2 Å². The van der Waals surface area contributed by atoms with Crippen LogP contribution in [0.4, 0.5) is 0 Å². The van der Waals surface area contributed by atoms with Gasteiger partial charge in [0.15, 0.2) is 5.78 Å². The van der Waals surface area contributed by atoms with Crippen molar-refractivity contribution < 1.29 is 14.7 Å². The van der Waals surface area contributed by atoms with Crippen LogP contribution in [0.15, 0.2) is 0 Å². The summed E-state index contributed by atoms with van der Waals surface area (Å²) in [5.41, 5.74) is 0. The Morgan fingerprint density at radius 3 is 2.08 bits per heavy atom. The Hall–Kier alpha value is -1.19. The van der Waals surface area contributed by atoms with Gasteiger partial charge in [-0.05, 0) is 12.8 Å². The van der Waals surface area contributed by atoms with Gasteiger partial charge >= 0.3 is 5.97 Å². The second kappa shape index (κ2) is 7.46. The number of aliphatic carboxylic acids is 1. The SMILES string of the molecule is N=CC(=O)CCCCCCC(=O)O. The summed E-state index contributed by atoms with van der Waals surface area (Å²) in [4.78, 5) is 20.7. The predicted molar refractivity (Wildman–Crippen MR) is 49.1 cm³/mol. The van der Waals surface area contributed by atoms with Gasteiger partial charge in [-0.3, -0.25) is 9.59 Å². The van der Waals surface area contributed by atoms with Crippen LogP contribution in [0.3, 0.4) is 0 Å². The summed E-state index contributed by atoms with van der Waals surface area (Å²) >= 11 is 0. The van der Waals surface area contributed by atoms with Crippen molar-refractivity contribution in [3.05, 3.63) is 0 Å². The number of Topliss-reactive ketones (excluding diaryl/α,β-unsaturated/α-hetero) is 1. The Morgan fingerprint density at radius 1 is 1.08 bits per heavy atom. The third kappa shape index (κ3) is 8.72. The van der Waals surface area contributed by atoms with Crippen molar-refractivity contribution in [1.29, 1.82) is 5.41 Å². The Labute approximate surface area is 77.5 Å². The van der Waals surface area contributed by atoms with Crippen molar-refractivity contribution in [1.82, 2.24) is 0 Å². The molecule has 0 radical (unpaired) electrons. The lowest BCUT2D eigenvalue weighted by Gasteiger charge is -1.96. The summed E-state index contributed by atoms with van der Waals surface area (Å²) in [5.74, 6) is -0.922. The van der Waals surface area contributed by atoms with E-state index in [2.05, 4.69) is 0 Å². The van der Waals surface area contributed by atoms with Gasteiger partial charge in [0.25, 0.3) is 0 Å². The van der Waals surface area contributed by atoms with E-state index in [1.165, 1.54) is 0 Å². The minimum absolute atomic E-state index is 0.154. The van der Waals surface area contributed by atoms with Crippen molar-refractivity contribution in [3.63, 3.8) is 0 Å². The van der Waals surface area contributed by atoms with E-state index >= 15 is 0 Å². The van der Waals surface area contributed by atoms with E-state index in [0.717, 1.165) is 25.5 Å². The summed E-state index contributed by atoms with van der Waals surface area (Å²) in [6.07, 6.45) is 4.60. The fourth-order valence-electron chi connectivity index (χ4n) is 1.00. The fraction of sp³-hybridized carbons (Fsp3) is 0.667. The third-order valence-corrected chi connectivity index (χ3v) is 1.72. The molecule has 0 aliphatic rings. The number of carboxylic acid groups (broad SMARTS) is 1. The van der Waals surface area contributed by atoms with E-state index in [1.807, 2.05) is 0 Å². The van der Waals surface area contributed by atoms with E-state index in [4.69, 9.17) is 10.5 Å². The van der Waals surface area contributed by atoms with Gasteiger partial charge in [-0.2, -0.15) is 0 Å². The second-order valence-corrected chi connectivity index (χ2v) is 2.92. The van der Waals surface area contributed by atoms with Crippen molar-refractivity contribution >= 4 is 18.0 Å². The van der Waals surface area contributed by atoms with Gasteiger partial charge in [0.1, 0.15) is 0 Å². The molecule has 0 aromatic heterocycles. The molecule has 0 amide bonds. The molecule has 0 aliphatic heterocycles. The molecule has 0 aromatic rings.